The molecule has 0 radical (unpaired) electrons. The Kier molecular flexibility index (Phi) is 6.29. The number of rotatable bonds is 5. The smallest absolute Gasteiger partial charge is 0.409 e. The van der Waals surface area contributed by atoms with Crippen LogP contribution in [0, 0.1) is 5.92 Å². The molecule has 1 heterocycles. The standard InChI is InChI=1S/C12H25N3O2/c1-3-17-12(16)15-8-6-14(7-9-15)10-11(2)4-5-13/h11H,3-10,13H2,1-2H3. The first-order valence-corrected chi connectivity index (χ1v) is 6.51. The fourth-order valence-corrected chi connectivity index (χ4v) is 2.14. The number of piperazine rings is 1. The van der Waals surface area contributed by atoms with Gasteiger partial charge in [0.2, 0.25) is 0 Å². The topological polar surface area (TPSA) is 58.8 Å². The molecular formula is C12H25N3O2. The van der Waals surface area contributed by atoms with Crippen molar-refractivity contribution < 1.29 is 9.53 Å². The van der Waals surface area contributed by atoms with Crippen LogP contribution in [-0.4, -0.2) is 61.8 Å². The van der Waals surface area contributed by atoms with Crippen molar-refractivity contribution in [3.05, 3.63) is 0 Å². The van der Waals surface area contributed by atoms with Crippen LogP contribution in [0.2, 0.25) is 0 Å². The first-order chi connectivity index (χ1) is 8.17. The molecule has 17 heavy (non-hydrogen) atoms. The Morgan fingerprint density at radius 2 is 2.00 bits per heavy atom. The van der Waals surface area contributed by atoms with Crippen molar-refractivity contribution in [3.8, 4) is 0 Å². The minimum atomic E-state index is -0.179. The number of carbonyl (C=O) groups is 1. The lowest BCUT2D eigenvalue weighted by Gasteiger charge is -2.35. The number of hydrogen-bond acceptors (Lipinski definition) is 4. The van der Waals surface area contributed by atoms with Crippen LogP contribution in [0.3, 0.4) is 0 Å². The van der Waals surface area contributed by atoms with E-state index in [1.54, 1.807) is 4.90 Å². The maximum Gasteiger partial charge on any atom is 0.409 e. The second-order valence-electron chi connectivity index (χ2n) is 4.67. The molecule has 2 N–H and O–H groups in total. The molecule has 1 saturated heterocycles. The zero-order valence-electron chi connectivity index (χ0n) is 11.0. The van der Waals surface area contributed by atoms with E-state index in [2.05, 4.69) is 11.8 Å². The van der Waals surface area contributed by atoms with Crippen molar-refractivity contribution in [3.63, 3.8) is 0 Å². The van der Waals surface area contributed by atoms with Gasteiger partial charge in [0, 0.05) is 32.7 Å². The first-order valence-electron chi connectivity index (χ1n) is 6.51. The molecule has 5 heteroatoms. The molecule has 1 aliphatic heterocycles. The minimum absolute atomic E-state index is 0.179. The highest BCUT2D eigenvalue weighted by molar-refractivity contribution is 5.67. The number of carbonyl (C=O) groups excluding carboxylic acids is 1. The summed E-state index contributed by atoms with van der Waals surface area (Å²) in [6, 6.07) is 0. The highest BCUT2D eigenvalue weighted by Gasteiger charge is 2.22. The van der Waals surface area contributed by atoms with Gasteiger partial charge in [0.1, 0.15) is 0 Å². The monoisotopic (exact) mass is 243 g/mol. The molecule has 1 rings (SSSR count). The molecule has 0 aromatic heterocycles. The Hall–Kier alpha value is -0.810. The van der Waals surface area contributed by atoms with E-state index < -0.39 is 0 Å². The van der Waals surface area contributed by atoms with Crippen LogP contribution < -0.4 is 5.73 Å². The molecule has 100 valence electrons. The quantitative estimate of drug-likeness (QED) is 0.774. The number of nitrogens with zero attached hydrogens (tertiary/aromatic N) is 2. The Bertz CT molecular complexity index is 228. The predicted molar refractivity (Wildman–Crippen MR) is 67.9 cm³/mol. The third-order valence-corrected chi connectivity index (χ3v) is 3.13. The molecule has 0 aliphatic carbocycles. The summed E-state index contributed by atoms with van der Waals surface area (Å²) in [4.78, 5) is 15.7. The van der Waals surface area contributed by atoms with E-state index in [9.17, 15) is 4.79 Å². The van der Waals surface area contributed by atoms with Crippen molar-refractivity contribution in [2.24, 2.45) is 11.7 Å². The van der Waals surface area contributed by atoms with Crippen molar-refractivity contribution >= 4 is 6.09 Å². The van der Waals surface area contributed by atoms with E-state index in [4.69, 9.17) is 10.5 Å². The summed E-state index contributed by atoms with van der Waals surface area (Å²) in [6.45, 7) is 9.77. The van der Waals surface area contributed by atoms with E-state index in [1.807, 2.05) is 6.92 Å². The summed E-state index contributed by atoms with van der Waals surface area (Å²) in [5.74, 6) is 0.633. The van der Waals surface area contributed by atoms with E-state index in [1.165, 1.54) is 0 Å². The molecule has 0 saturated carbocycles. The van der Waals surface area contributed by atoms with Gasteiger partial charge in [0.25, 0.3) is 0 Å². The third-order valence-electron chi connectivity index (χ3n) is 3.13. The fourth-order valence-electron chi connectivity index (χ4n) is 2.14. The molecule has 0 aromatic carbocycles. The van der Waals surface area contributed by atoms with E-state index in [0.29, 0.717) is 12.5 Å². The SMILES string of the molecule is CCOC(=O)N1CCN(CC(C)CCN)CC1. The second-order valence-corrected chi connectivity index (χ2v) is 4.67. The lowest BCUT2D eigenvalue weighted by atomic mass is 10.1. The molecule has 5 nitrogen and oxygen atoms in total. The molecule has 1 unspecified atom stereocenters. The normalized spacial score (nSPS) is 19.1. The largest absolute Gasteiger partial charge is 0.450 e. The molecule has 1 fully saturated rings. The number of hydrogen-bond donors (Lipinski definition) is 1. The van der Waals surface area contributed by atoms with Gasteiger partial charge in [-0.15, -0.1) is 0 Å². The average molecular weight is 243 g/mol. The van der Waals surface area contributed by atoms with E-state index in [-0.39, 0.29) is 6.09 Å². The van der Waals surface area contributed by atoms with Gasteiger partial charge in [-0.05, 0) is 25.8 Å². The van der Waals surface area contributed by atoms with Gasteiger partial charge in [-0.1, -0.05) is 6.92 Å². The van der Waals surface area contributed by atoms with Gasteiger partial charge in [0.05, 0.1) is 6.61 Å². The predicted octanol–water partition coefficient (Wildman–Crippen LogP) is 0.745. The number of ether oxygens (including phenoxy) is 1. The highest BCUT2D eigenvalue weighted by atomic mass is 16.6. The minimum Gasteiger partial charge on any atom is -0.450 e. The van der Waals surface area contributed by atoms with Gasteiger partial charge < -0.3 is 15.4 Å². The Balaban J connectivity index is 2.23. The Morgan fingerprint density at radius 1 is 1.35 bits per heavy atom. The van der Waals surface area contributed by atoms with Crippen LogP contribution in [0.25, 0.3) is 0 Å². The van der Waals surface area contributed by atoms with Gasteiger partial charge in [-0.3, -0.25) is 4.90 Å². The molecule has 1 aliphatic rings. The highest BCUT2D eigenvalue weighted by Crippen LogP contribution is 2.08. The van der Waals surface area contributed by atoms with Crippen LogP contribution in [0.5, 0.6) is 0 Å². The van der Waals surface area contributed by atoms with Crippen LogP contribution in [0.1, 0.15) is 20.3 Å². The second kappa shape index (κ2) is 7.50. The van der Waals surface area contributed by atoms with Crippen LogP contribution in [-0.2, 0) is 4.74 Å². The Labute approximate surface area is 104 Å². The lowest BCUT2D eigenvalue weighted by molar-refractivity contribution is 0.0757. The Morgan fingerprint density at radius 3 is 2.53 bits per heavy atom. The fraction of sp³-hybridized carbons (Fsp3) is 0.917. The zero-order valence-corrected chi connectivity index (χ0v) is 11.0. The molecule has 0 bridgehead atoms. The van der Waals surface area contributed by atoms with E-state index >= 15 is 0 Å². The van der Waals surface area contributed by atoms with Crippen LogP contribution >= 0.6 is 0 Å². The van der Waals surface area contributed by atoms with Gasteiger partial charge in [-0.2, -0.15) is 0 Å². The van der Waals surface area contributed by atoms with Gasteiger partial charge in [0.15, 0.2) is 0 Å². The van der Waals surface area contributed by atoms with Crippen molar-refractivity contribution in [1.29, 1.82) is 0 Å². The summed E-state index contributed by atoms with van der Waals surface area (Å²) in [6.07, 6.45) is 0.889. The maximum atomic E-state index is 11.5. The summed E-state index contributed by atoms with van der Waals surface area (Å²) < 4.78 is 4.99. The third kappa shape index (κ3) is 4.91. The lowest BCUT2D eigenvalue weighted by Crippen LogP contribution is -2.49. The molecular weight excluding hydrogens is 218 g/mol. The van der Waals surface area contributed by atoms with Crippen LogP contribution in [0.15, 0.2) is 0 Å². The van der Waals surface area contributed by atoms with Crippen molar-refractivity contribution in [2.75, 3.05) is 45.9 Å². The summed E-state index contributed by atoms with van der Waals surface area (Å²) in [5, 5.41) is 0. The van der Waals surface area contributed by atoms with Crippen molar-refractivity contribution in [1.82, 2.24) is 9.80 Å². The molecule has 0 aromatic rings. The zero-order chi connectivity index (χ0) is 12.7. The van der Waals surface area contributed by atoms with Gasteiger partial charge in [-0.25, -0.2) is 4.79 Å². The average Bonchev–Trinajstić information content (AvgIpc) is 2.30. The van der Waals surface area contributed by atoms with Crippen LogP contribution in [0.4, 0.5) is 4.79 Å². The number of amides is 1. The molecule has 1 atom stereocenters. The van der Waals surface area contributed by atoms with Gasteiger partial charge >= 0.3 is 6.09 Å². The number of nitrogens with two attached hydrogens (primary N) is 1. The summed E-state index contributed by atoms with van der Waals surface area (Å²) in [5.41, 5.74) is 5.54. The molecule has 1 amide bonds. The first kappa shape index (κ1) is 14.3. The van der Waals surface area contributed by atoms with E-state index in [0.717, 1.165) is 45.7 Å². The summed E-state index contributed by atoms with van der Waals surface area (Å²) >= 11 is 0. The maximum absolute atomic E-state index is 11.5. The molecule has 0 spiro atoms. The van der Waals surface area contributed by atoms with Crippen molar-refractivity contribution in [2.45, 2.75) is 20.3 Å². The summed E-state index contributed by atoms with van der Waals surface area (Å²) in [7, 11) is 0.